The molecule has 0 saturated heterocycles. The molecule has 1 heterocycles. The number of hydrogen-bond donors (Lipinski definition) is 3. The number of amides is 2. The maximum Gasteiger partial charge on any atom is 0.432 e. The van der Waals surface area contributed by atoms with Crippen LogP contribution in [0.4, 0.5) is 27.6 Å². The first-order valence-corrected chi connectivity index (χ1v) is 9.94. The van der Waals surface area contributed by atoms with Gasteiger partial charge in [0.05, 0.1) is 18.4 Å². The highest BCUT2D eigenvalue weighted by Crippen LogP contribution is 2.32. The topological polar surface area (TPSA) is 96.1 Å². The molecule has 0 fully saturated rings. The minimum atomic E-state index is -4.62. The fourth-order valence-corrected chi connectivity index (χ4v) is 2.81. The molecular formula is C23H17F5N4O3. The normalized spacial score (nSPS) is 10.8. The Kier molecular flexibility index (Phi) is 7.70. The fourth-order valence-electron chi connectivity index (χ4n) is 2.81. The van der Waals surface area contributed by atoms with Crippen molar-refractivity contribution in [1.82, 2.24) is 15.3 Å². The highest BCUT2D eigenvalue weighted by molar-refractivity contribution is 6.05. The minimum Gasteiger partial charge on any atom is -0.490 e. The molecule has 0 unspecified atom stereocenters. The number of aromatic nitrogens is 2. The Bertz CT molecular complexity index is 1290. The van der Waals surface area contributed by atoms with E-state index in [4.69, 9.17) is 4.74 Å². The maximum atomic E-state index is 13.3. The van der Waals surface area contributed by atoms with Crippen LogP contribution in [0, 0.1) is 23.5 Å². The van der Waals surface area contributed by atoms with Crippen LogP contribution in [-0.2, 0) is 15.8 Å². The predicted molar refractivity (Wildman–Crippen MR) is 115 cm³/mol. The average molecular weight is 492 g/mol. The summed E-state index contributed by atoms with van der Waals surface area (Å²) in [6, 6.07) is 6.66. The molecule has 3 aromatic rings. The predicted octanol–water partition coefficient (Wildman–Crippen LogP) is 3.88. The van der Waals surface area contributed by atoms with E-state index in [-0.39, 0.29) is 47.4 Å². The lowest BCUT2D eigenvalue weighted by Gasteiger charge is -2.13. The summed E-state index contributed by atoms with van der Waals surface area (Å²) in [6.45, 7) is 1.50. The average Bonchev–Trinajstić information content (AvgIpc) is 3.26. The molecule has 0 saturated carbocycles. The van der Waals surface area contributed by atoms with Gasteiger partial charge in [0.1, 0.15) is 35.5 Å². The molecule has 2 amide bonds. The largest absolute Gasteiger partial charge is 0.490 e. The van der Waals surface area contributed by atoms with Crippen LogP contribution in [0.15, 0.2) is 42.6 Å². The number of rotatable bonds is 6. The van der Waals surface area contributed by atoms with Crippen LogP contribution in [0.25, 0.3) is 11.4 Å². The molecule has 7 nitrogen and oxygen atoms in total. The van der Waals surface area contributed by atoms with E-state index in [1.165, 1.54) is 25.1 Å². The van der Waals surface area contributed by atoms with Gasteiger partial charge in [0.15, 0.2) is 0 Å². The number of ether oxygens (including phenoxy) is 1. The van der Waals surface area contributed by atoms with E-state index in [9.17, 15) is 31.5 Å². The van der Waals surface area contributed by atoms with E-state index >= 15 is 0 Å². The van der Waals surface area contributed by atoms with Crippen LogP contribution in [-0.4, -0.2) is 34.9 Å². The van der Waals surface area contributed by atoms with Gasteiger partial charge in [0.2, 0.25) is 5.91 Å². The van der Waals surface area contributed by atoms with Crippen LogP contribution >= 0.6 is 0 Å². The third kappa shape index (κ3) is 7.29. The minimum absolute atomic E-state index is 0.0228. The molecule has 0 aliphatic rings. The Morgan fingerprint density at radius 2 is 1.83 bits per heavy atom. The van der Waals surface area contributed by atoms with Crippen molar-refractivity contribution < 1.29 is 36.3 Å². The van der Waals surface area contributed by atoms with Gasteiger partial charge in [0.25, 0.3) is 0 Å². The van der Waals surface area contributed by atoms with Crippen molar-refractivity contribution in [3.63, 3.8) is 0 Å². The zero-order chi connectivity index (χ0) is 25.6. The van der Waals surface area contributed by atoms with Gasteiger partial charge in [0, 0.05) is 30.0 Å². The molecule has 1 aromatic heterocycles. The lowest BCUT2D eigenvalue weighted by molar-refractivity contribution is -0.140. The summed E-state index contributed by atoms with van der Waals surface area (Å²) in [4.78, 5) is 29.2. The van der Waals surface area contributed by atoms with Gasteiger partial charge >= 0.3 is 12.1 Å². The lowest BCUT2D eigenvalue weighted by atomic mass is 10.1. The summed E-state index contributed by atoms with van der Waals surface area (Å²) in [5.74, 6) is 1.63. The number of hydrogen-bond acceptors (Lipinski definition) is 4. The molecule has 0 spiro atoms. The number of imidazole rings is 1. The number of carbonyl (C=O) groups excluding carboxylic acids is 2. The second-order valence-electron chi connectivity index (χ2n) is 7.05. The molecule has 3 rings (SSSR count). The number of anilines is 1. The van der Waals surface area contributed by atoms with Crippen LogP contribution in [0.1, 0.15) is 18.2 Å². The van der Waals surface area contributed by atoms with Gasteiger partial charge in [-0.3, -0.25) is 9.59 Å². The van der Waals surface area contributed by atoms with Crippen molar-refractivity contribution in [2.45, 2.75) is 13.1 Å². The van der Waals surface area contributed by atoms with Gasteiger partial charge < -0.3 is 20.4 Å². The molecular weight excluding hydrogens is 475 g/mol. The number of H-pyrrole nitrogens is 1. The van der Waals surface area contributed by atoms with E-state index in [1.807, 2.05) is 0 Å². The molecule has 35 heavy (non-hydrogen) atoms. The van der Waals surface area contributed by atoms with E-state index in [1.54, 1.807) is 0 Å². The van der Waals surface area contributed by atoms with Crippen molar-refractivity contribution in [2.75, 3.05) is 18.5 Å². The van der Waals surface area contributed by atoms with Crippen LogP contribution in [0.2, 0.25) is 0 Å². The van der Waals surface area contributed by atoms with Gasteiger partial charge in [-0.15, -0.1) is 0 Å². The van der Waals surface area contributed by atoms with Crippen LogP contribution in [0.3, 0.4) is 0 Å². The zero-order valence-corrected chi connectivity index (χ0v) is 18.0. The van der Waals surface area contributed by atoms with Crippen molar-refractivity contribution >= 4 is 17.5 Å². The second kappa shape index (κ2) is 10.7. The van der Waals surface area contributed by atoms with Crippen LogP contribution in [0.5, 0.6) is 5.75 Å². The highest BCUT2D eigenvalue weighted by Gasteiger charge is 2.33. The number of halogens is 5. The first kappa shape index (κ1) is 25.2. The third-order valence-electron chi connectivity index (χ3n) is 4.30. The number of nitrogens with zero attached hydrogens (tertiary/aromatic N) is 1. The number of carbonyl (C=O) groups is 2. The Hall–Kier alpha value is -4.40. The smallest absolute Gasteiger partial charge is 0.432 e. The van der Waals surface area contributed by atoms with Gasteiger partial charge in [-0.1, -0.05) is 5.92 Å². The number of nitrogens with one attached hydrogen (secondary N) is 3. The van der Waals surface area contributed by atoms with Crippen molar-refractivity contribution in [1.29, 1.82) is 0 Å². The molecule has 3 N–H and O–H groups in total. The summed E-state index contributed by atoms with van der Waals surface area (Å²) < 4.78 is 70.8. The first-order valence-electron chi connectivity index (χ1n) is 9.94. The number of alkyl halides is 3. The van der Waals surface area contributed by atoms with Crippen molar-refractivity contribution in [2.24, 2.45) is 0 Å². The molecule has 0 bridgehead atoms. The third-order valence-corrected chi connectivity index (χ3v) is 4.30. The SMILES string of the molecule is CC(=O)NCCOc1ccc(-c2ncc(C(F)(F)F)[nH]2)cc1NC(=O)C#Cc1cc(F)cc(F)c1. The Labute approximate surface area is 195 Å². The van der Waals surface area contributed by atoms with Gasteiger partial charge in [-0.05, 0) is 30.3 Å². The monoisotopic (exact) mass is 492 g/mol. The molecule has 12 heteroatoms. The van der Waals surface area contributed by atoms with E-state index in [0.717, 1.165) is 12.1 Å². The van der Waals surface area contributed by atoms with Crippen molar-refractivity contribution in [3.8, 4) is 29.0 Å². The Morgan fingerprint density at radius 1 is 1.11 bits per heavy atom. The second-order valence-corrected chi connectivity index (χ2v) is 7.05. The number of benzene rings is 2. The van der Waals surface area contributed by atoms with E-state index < -0.39 is 29.4 Å². The maximum absolute atomic E-state index is 13.3. The van der Waals surface area contributed by atoms with E-state index in [2.05, 4.69) is 32.4 Å². The molecule has 0 atom stereocenters. The van der Waals surface area contributed by atoms with E-state index in [0.29, 0.717) is 12.3 Å². The van der Waals surface area contributed by atoms with Gasteiger partial charge in [-0.25, -0.2) is 13.8 Å². The highest BCUT2D eigenvalue weighted by atomic mass is 19.4. The van der Waals surface area contributed by atoms with Crippen LogP contribution < -0.4 is 15.4 Å². The molecule has 2 aromatic carbocycles. The summed E-state index contributed by atoms with van der Waals surface area (Å²) in [5.41, 5.74) is -0.888. The Morgan fingerprint density at radius 3 is 2.46 bits per heavy atom. The molecule has 182 valence electrons. The summed E-state index contributed by atoms with van der Waals surface area (Å²) >= 11 is 0. The molecule has 0 aliphatic heterocycles. The lowest BCUT2D eigenvalue weighted by Crippen LogP contribution is -2.25. The molecule has 0 radical (unpaired) electrons. The zero-order valence-electron chi connectivity index (χ0n) is 18.0. The standard InChI is InChI=1S/C23H17F5N4O3/c1-13(33)29-6-7-35-19-4-3-15(22-30-12-20(32-22)23(26,27)28)10-18(19)31-21(34)5-2-14-8-16(24)11-17(25)9-14/h3-4,8-12H,6-7H2,1H3,(H,29,33)(H,30,32)(H,31,34). The summed E-state index contributed by atoms with van der Waals surface area (Å²) in [6.07, 6.45) is -3.99. The first-order chi connectivity index (χ1) is 16.5. The summed E-state index contributed by atoms with van der Waals surface area (Å²) in [7, 11) is 0. The number of aromatic amines is 1. The fraction of sp³-hybridized carbons (Fsp3) is 0.174. The Balaban J connectivity index is 1.85. The molecule has 0 aliphatic carbocycles. The van der Waals surface area contributed by atoms with Gasteiger partial charge in [-0.2, -0.15) is 13.2 Å². The van der Waals surface area contributed by atoms with Crippen molar-refractivity contribution in [3.05, 3.63) is 65.5 Å². The quantitative estimate of drug-likeness (QED) is 0.277. The summed E-state index contributed by atoms with van der Waals surface area (Å²) in [5, 5.41) is 4.95.